The molecule has 3 unspecified atom stereocenters. The number of benzene rings is 2. The molecule has 188 valence electrons. The number of thiazole rings is 1. The van der Waals surface area contributed by atoms with Crippen molar-refractivity contribution < 1.29 is 24.2 Å². The van der Waals surface area contributed by atoms with Gasteiger partial charge >= 0.3 is 5.97 Å². The van der Waals surface area contributed by atoms with Crippen molar-refractivity contribution in [2.45, 2.75) is 36.3 Å². The molecule has 0 spiro atoms. The molecule has 2 amide bonds. The van der Waals surface area contributed by atoms with Crippen molar-refractivity contribution in [2.75, 3.05) is 17.7 Å². The summed E-state index contributed by atoms with van der Waals surface area (Å²) in [5.41, 5.74) is 1.36. The van der Waals surface area contributed by atoms with E-state index in [9.17, 15) is 19.5 Å². The average molecular weight is 526 g/mol. The number of carboxylic acids is 1. The Morgan fingerprint density at radius 2 is 1.92 bits per heavy atom. The number of allylic oxidation sites excluding steroid dienone is 2. The first-order chi connectivity index (χ1) is 17.4. The first-order valence-corrected chi connectivity index (χ1v) is 13.3. The van der Waals surface area contributed by atoms with Gasteiger partial charge < -0.3 is 20.5 Å². The van der Waals surface area contributed by atoms with Gasteiger partial charge in [0.2, 0.25) is 11.8 Å². The van der Waals surface area contributed by atoms with Gasteiger partial charge in [-0.15, -0.1) is 11.8 Å². The van der Waals surface area contributed by atoms with Gasteiger partial charge in [0.25, 0.3) is 0 Å². The van der Waals surface area contributed by atoms with E-state index in [1.807, 2.05) is 37.3 Å². The third kappa shape index (κ3) is 6.06. The van der Waals surface area contributed by atoms with Gasteiger partial charge in [-0.2, -0.15) is 0 Å². The van der Waals surface area contributed by atoms with Crippen LogP contribution in [0.1, 0.15) is 26.2 Å². The Morgan fingerprint density at radius 3 is 2.64 bits per heavy atom. The van der Waals surface area contributed by atoms with Gasteiger partial charge in [0.1, 0.15) is 5.75 Å². The highest BCUT2D eigenvalue weighted by molar-refractivity contribution is 8.00. The molecule has 0 fully saturated rings. The van der Waals surface area contributed by atoms with Gasteiger partial charge in [0.15, 0.2) is 5.13 Å². The second-order valence-corrected chi connectivity index (χ2v) is 10.7. The topological polar surface area (TPSA) is 118 Å². The van der Waals surface area contributed by atoms with Gasteiger partial charge in [-0.05, 0) is 55.7 Å². The van der Waals surface area contributed by atoms with E-state index in [2.05, 4.69) is 15.6 Å². The zero-order valence-electron chi connectivity index (χ0n) is 19.9. The maximum atomic E-state index is 13.0. The number of amides is 2. The summed E-state index contributed by atoms with van der Waals surface area (Å²) in [5.74, 6) is -2.05. The molecule has 0 aliphatic heterocycles. The smallest absolute Gasteiger partial charge is 0.307 e. The minimum absolute atomic E-state index is 0.152. The van der Waals surface area contributed by atoms with Crippen molar-refractivity contribution in [1.82, 2.24) is 4.98 Å². The Hall–Kier alpha value is -3.37. The summed E-state index contributed by atoms with van der Waals surface area (Å²) in [6.07, 6.45) is 5.00. The summed E-state index contributed by atoms with van der Waals surface area (Å²) in [5, 5.41) is 15.4. The summed E-state index contributed by atoms with van der Waals surface area (Å²) in [7, 11) is 1.61. The van der Waals surface area contributed by atoms with Crippen LogP contribution < -0.4 is 15.4 Å². The Bertz CT molecular complexity index is 1310. The Balaban J connectivity index is 1.41. The lowest BCUT2D eigenvalue weighted by atomic mass is 9.82. The number of carbonyl (C=O) groups excluding carboxylic acids is 2. The van der Waals surface area contributed by atoms with Crippen LogP contribution in [0.4, 0.5) is 10.8 Å². The number of nitrogens with one attached hydrogen (secondary N) is 2. The van der Waals surface area contributed by atoms with Crippen LogP contribution in [-0.4, -0.2) is 40.2 Å². The number of hydrogen-bond donors (Lipinski definition) is 3. The monoisotopic (exact) mass is 525 g/mol. The van der Waals surface area contributed by atoms with Crippen LogP contribution in [0.2, 0.25) is 0 Å². The summed E-state index contributed by atoms with van der Waals surface area (Å²) in [6.45, 7) is 1.94. The lowest BCUT2D eigenvalue weighted by molar-refractivity contribution is -0.146. The Kier molecular flexibility index (Phi) is 8.27. The normalized spacial score (nSPS) is 17.9. The molecular formula is C26H27N3O5S2. The fraction of sp³-hybridized carbons (Fsp3) is 0.308. The van der Waals surface area contributed by atoms with Crippen LogP contribution in [0.5, 0.6) is 5.75 Å². The highest BCUT2D eigenvalue weighted by Gasteiger charge is 2.34. The summed E-state index contributed by atoms with van der Waals surface area (Å²) in [4.78, 5) is 42.7. The van der Waals surface area contributed by atoms with E-state index in [0.717, 1.165) is 20.9 Å². The first kappa shape index (κ1) is 25.7. The second kappa shape index (κ2) is 11.6. The maximum absolute atomic E-state index is 13.0. The molecule has 1 heterocycles. The van der Waals surface area contributed by atoms with Crippen LogP contribution in [0, 0.1) is 11.8 Å². The van der Waals surface area contributed by atoms with Crippen molar-refractivity contribution in [1.29, 1.82) is 0 Å². The predicted molar refractivity (Wildman–Crippen MR) is 143 cm³/mol. The lowest BCUT2D eigenvalue weighted by Gasteiger charge is -2.24. The van der Waals surface area contributed by atoms with Crippen molar-refractivity contribution in [3.8, 4) is 5.75 Å². The minimum atomic E-state index is -0.965. The number of thioether (sulfide) groups is 1. The Labute approximate surface area is 217 Å². The fourth-order valence-corrected chi connectivity index (χ4v) is 5.93. The zero-order valence-corrected chi connectivity index (χ0v) is 21.5. The van der Waals surface area contributed by atoms with Crippen molar-refractivity contribution in [3.05, 3.63) is 54.6 Å². The van der Waals surface area contributed by atoms with Gasteiger partial charge in [0.05, 0.1) is 34.4 Å². The first-order valence-electron chi connectivity index (χ1n) is 11.6. The third-order valence-electron chi connectivity index (χ3n) is 5.96. The number of anilines is 2. The molecule has 10 heteroatoms. The van der Waals surface area contributed by atoms with Crippen LogP contribution in [0.25, 0.3) is 10.2 Å². The van der Waals surface area contributed by atoms with E-state index < -0.39 is 17.8 Å². The number of rotatable bonds is 9. The van der Waals surface area contributed by atoms with Gasteiger partial charge in [-0.3, -0.25) is 14.4 Å². The number of hydrogen-bond acceptors (Lipinski definition) is 7. The molecule has 1 aliphatic rings. The second-order valence-electron chi connectivity index (χ2n) is 8.37. The quantitative estimate of drug-likeness (QED) is 0.252. The number of nitrogens with zero attached hydrogens (tertiary/aromatic N) is 1. The summed E-state index contributed by atoms with van der Waals surface area (Å²) >= 11 is 2.79. The zero-order chi connectivity index (χ0) is 25.7. The molecule has 4 rings (SSSR count). The SMILES string of the molecule is CCC(Sc1cccc(NC(=O)C2CC=CCC2C(=O)O)c1)C(=O)Nc1nc2ccc(OC)cc2s1. The molecule has 3 atom stereocenters. The number of aromatic nitrogens is 1. The number of aliphatic carboxylic acids is 1. The van der Waals surface area contributed by atoms with Crippen molar-refractivity contribution in [3.63, 3.8) is 0 Å². The molecule has 1 aliphatic carbocycles. The number of methoxy groups -OCH3 is 1. The molecule has 3 N–H and O–H groups in total. The van der Waals surface area contributed by atoms with E-state index >= 15 is 0 Å². The van der Waals surface area contributed by atoms with E-state index in [-0.39, 0.29) is 17.1 Å². The lowest BCUT2D eigenvalue weighted by Crippen LogP contribution is -2.34. The van der Waals surface area contributed by atoms with E-state index in [0.29, 0.717) is 30.1 Å². The molecule has 3 aromatic rings. The molecule has 0 saturated heterocycles. The maximum Gasteiger partial charge on any atom is 0.307 e. The predicted octanol–water partition coefficient (Wildman–Crippen LogP) is 5.42. The molecule has 0 saturated carbocycles. The Morgan fingerprint density at radius 1 is 1.14 bits per heavy atom. The van der Waals surface area contributed by atoms with Crippen LogP contribution >= 0.6 is 23.1 Å². The van der Waals surface area contributed by atoms with Crippen molar-refractivity contribution >= 4 is 61.9 Å². The summed E-state index contributed by atoms with van der Waals surface area (Å²) in [6, 6.07) is 12.8. The molecular weight excluding hydrogens is 498 g/mol. The molecule has 2 aromatic carbocycles. The van der Waals surface area contributed by atoms with Crippen LogP contribution in [0.15, 0.2) is 59.5 Å². The van der Waals surface area contributed by atoms with Crippen molar-refractivity contribution in [2.24, 2.45) is 11.8 Å². The van der Waals surface area contributed by atoms with Gasteiger partial charge in [-0.25, -0.2) is 4.98 Å². The summed E-state index contributed by atoms with van der Waals surface area (Å²) < 4.78 is 6.17. The standard InChI is InChI=1S/C26H27N3O5S2/c1-3-21(24(31)29-26-28-20-12-11-16(34-2)14-22(20)36-26)35-17-8-6-7-15(13-17)27-23(30)18-9-4-5-10-19(18)25(32)33/h4-8,11-14,18-19,21H,3,9-10H2,1-2H3,(H,27,30)(H,32,33)(H,28,29,31). The largest absolute Gasteiger partial charge is 0.497 e. The molecule has 36 heavy (non-hydrogen) atoms. The third-order valence-corrected chi connectivity index (χ3v) is 8.25. The molecule has 8 nitrogen and oxygen atoms in total. The number of carbonyl (C=O) groups is 3. The number of fused-ring (bicyclic) bond motifs is 1. The van der Waals surface area contributed by atoms with E-state index in [1.165, 1.54) is 23.1 Å². The average Bonchev–Trinajstić information content (AvgIpc) is 3.28. The minimum Gasteiger partial charge on any atom is -0.497 e. The van der Waals surface area contributed by atoms with E-state index in [1.54, 1.807) is 31.4 Å². The molecule has 1 aromatic heterocycles. The highest BCUT2D eigenvalue weighted by Crippen LogP contribution is 2.32. The fourth-order valence-electron chi connectivity index (χ4n) is 4.02. The van der Waals surface area contributed by atoms with Gasteiger partial charge in [-0.1, -0.05) is 36.5 Å². The number of carboxylic acid groups (broad SMARTS) is 1. The highest BCUT2D eigenvalue weighted by atomic mass is 32.2. The van der Waals surface area contributed by atoms with E-state index in [4.69, 9.17) is 4.74 Å². The van der Waals surface area contributed by atoms with Gasteiger partial charge in [0, 0.05) is 10.6 Å². The number of ether oxygens (including phenoxy) is 1. The molecule has 0 radical (unpaired) electrons. The van der Waals surface area contributed by atoms with Crippen LogP contribution in [-0.2, 0) is 14.4 Å². The van der Waals surface area contributed by atoms with Crippen LogP contribution in [0.3, 0.4) is 0 Å². The molecule has 0 bridgehead atoms.